The van der Waals surface area contributed by atoms with E-state index in [1.54, 1.807) is 0 Å². The first kappa shape index (κ1) is 16.1. The second-order valence-corrected chi connectivity index (χ2v) is 6.44. The molecule has 0 radical (unpaired) electrons. The average molecular weight is 320 g/mol. The van der Waals surface area contributed by atoms with E-state index in [-0.39, 0.29) is 24.7 Å². The number of carbonyl (C=O) groups is 2. The van der Waals surface area contributed by atoms with E-state index in [9.17, 15) is 9.59 Å². The van der Waals surface area contributed by atoms with Crippen LogP contribution >= 0.6 is 34.7 Å². The van der Waals surface area contributed by atoms with Gasteiger partial charge in [-0.1, -0.05) is 17.7 Å². The molecule has 0 aliphatic rings. The van der Waals surface area contributed by atoms with Crippen molar-refractivity contribution in [3.05, 3.63) is 34.0 Å². The first-order valence-corrected chi connectivity index (χ1v) is 7.80. The first-order chi connectivity index (χ1) is 9.02. The van der Waals surface area contributed by atoms with Crippen LogP contribution in [0.5, 0.6) is 0 Å². The van der Waals surface area contributed by atoms with Crippen LogP contribution < -0.4 is 0 Å². The molecule has 1 rings (SSSR count). The van der Waals surface area contributed by atoms with Crippen LogP contribution in [0.3, 0.4) is 0 Å². The van der Waals surface area contributed by atoms with E-state index in [0.717, 1.165) is 9.21 Å². The molecule has 0 fully saturated rings. The molecule has 4 nitrogen and oxygen atoms in total. The topological polar surface area (TPSA) is 57.6 Å². The van der Waals surface area contributed by atoms with Gasteiger partial charge in [0, 0.05) is 17.2 Å². The van der Waals surface area contributed by atoms with Crippen molar-refractivity contribution >= 4 is 46.6 Å². The van der Waals surface area contributed by atoms with E-state index in [4.69, 9.17) is 16.7 Å². The van der Waals surface area contributed by atoms with Gasteiger partial charge in [0.05, 0.1) is 10.1 Å². The minimum absolute atomic E-state index is 0.199. The van der Waals surface area contributed by atoms with Gasteiger partial charge in [-0.15, -0.1) is 29.7 Å². The molecule has 1 amide bonds. The number of nitrogens with zero attached hydrogens (tertiary/aromatic N) is 1. The number of amides is 1. The van der Waals surface area contributed by atoms with E-state index in [0.29, 0.717) is 5.75 Å². The molecule has 1 aromatic heterocycles. The van der Waals surface area contributed by atoms with Gasteiger partial charge < -0.3 is 10.0 Å². The van der Waals surface area contributed by atoms with Crippen molar-refractivity contribution in [2.45, 2.75) is 5.75 Å². The monoisotopic (exact) mass is 319 g/mol. The van der Waals surface area contributed by atoms with Gasteiger partial charge in [-0.25, -0.2) is 0 Å². The third-order valence-corrected chi connectivity index (χ3v) is 4.51. The van der Waals surface area contributed by atoms with Gasteiger partial charge in [0.1, 0.15) is 6.54 Å². The van der Waals surface area contributed by atoms with Crippen LogP contribution in [0.1, 0.15) is 4.88 Å². The molecule has 19 heavy (non-hydrogen) atoms. The highest BCUT2D eigenvalue weighted by Gasteiger charge is 2.15. The molecule has 0 unspecified atom stereocenters. The zero-order valence-corrected chi connectivity index (χ0v) is 12.6. The lowest BCUT2D eigenvalue weighted by Crippen LogP contribution is -2.36. The summed E-state index contributed by atoms with van der Waals surface area (Å²) in [4.78, 5) is 24.8. The maximum atomic E-state index is 11.8. The lowest BCUT2D eigenvalue weighted by Gasteiger charge is -2.18. The Balaban J connectivity index is 2.39. The van der Waals surface area contributed by atoms with Crippen molar-refractivity contribution in [3.8, 4) is 0 Å². The molecule has 0 aromatic carbocycles. The van der Waals surface area contributed by atoms with E-state index in [1.165, 1.54) is 34.1 Å². The fraction of sp³-hybridized carbons (Fsp3) is 0.333. The van der Waals surface area contributed by atoms with Crippen LogP contribution in [-0.2, 0) is 15.3 Å². The molecule has 1 aromatic rings. The van der Waals surface area contributed by atoms with Gasteiger partial charge in [0.2, 0.25) is 5.91 Å². The molecule has 1 N–H and O–H groups in total. The molecule has 0 bridgehead atoms. The zero-order chi connectivity index (χ0) is 14.3. The van der Waals surface area contributed by atoms with E-state index >= 15 is 0 Å². The van der Waals surface area contributed by atoms with Gasteiger partial charge >= 0.3 is 5.97 Å². The largest absolute Gasteiger partial charge is 0.480 e. The Kier molecular flexibility index (Phi) is 6.97. The predicted molar refractivity (Wildman–Crippen MR) is 79.9 cm³/mol. The Bertz CT molecular complexity index is 462. The number of carbonyl (C=O) groups excluding carboxylic acids is 1. The first-order valence-electron chi connectivity index (χ1n) is 5.45. The van der Waals surface area contributed by atoms with E-state index < -0.39 is 5.97 Å². The number of halogens is 1. The summed E-state index contributed by atoms with van der Waals surface area (Å²) in [6.45, 7) is 3.47. The van der Waals surface area contributed by atoms with Crippen LogP contribution in [0, 0.1) is 0 Å². The van der Waals surface area contributed by atoms with Gasteiger partial charge in [-0.2, -0.15) is 0 Å². The molecule has 0 spiro atoms. The van der Waals surface area contributed by atoms with Gasteiger partial charge in [0.25, 0.3) is 0 Å². The number of thioether (sulfide) groups is 1. The second-order valence-electron chi connectivity index (χ2n) is 3.66. The van der Waals surface area contributed by atoms with Crippen molar-refractivity contribution in [3.63, 3.8) is 0 Å². The summed E-state index contributed by atoms with van der Waals surface area (Å²) in [6.07, 6.45) is 1.52. The zero-order valence-electron chi connectivity index (χ0n) is 10.2. The number of aliphatic carboxylic acids is 1. The molecule has 0 atom stereocenters. The van der Waals surface area contributed by atoms with Gasteiger partial charge in [-0.05, 0) is 12.1 Å². The molecule has 7 heteroatoms. The summed E-state index contributed by atoms with van der Waals surface area (Å²) in [5, 5.41) is 8.72. The Morgan fingerprint density at radius 2 is 2.26 bits per heavy atom. The quantitative estimate of drug-likeness (QED) is 0.749. The standard InChI is InChI=1S/C12H14ClNO3S2/c1-2-5-14(6-12(16)17)11(15)8-18-7-9-3-4-10(13)19-9/h2-4H,1,5-8H2,(H,16,17). The molecule has 0 aliphatic heterocycles. The number of carboxylic acid groups (broad SMARTS) is 1. The number of thiophene rings is 1. The third kappa shape index (κ3) is 6.13. The average Bonchev–Trinajstić information content (AvgIpc) is 2.74. The van der Waals surface area contributed by atoms with Crippen molar-refractivity contribution in [1.82, 2.24) is 4.90 Å². The summed E-state index contributed by atoms with van der Waals surface area (Å²) >= 11 is 8.73. The van der Waals surface area contributed by atoms with Crippen LogP contribution in [0.2, 0.25) is 4.34 Å². The van der Waals surface area contributed by atoms with Crippen molar-refractivity contribution in [2.24, 2.45) is 0 Å². The van der Waals surface area contributed by atoms with Crippen LogP contribution in [0.25, 0.3) is 0 Å². The fourth-order valence-corrected chi connectivity index (χ4v) is 3.46. The second kappa shape index (κ2) is 8.24. The normalized spacial score (nSPS) is 10.2. The van der Waals surface area contributed by atoms with Gasteiger partial charge in [-0.3, -0.25) is 9.59 Å². The maximum absolute atomic E-state index is 11.8. The highest BCUT2D eigenvalue weighted by molar-refractivity contribution is 7.99. The summed E-state index contributed by atoms with van der Waals surface area (Å²) in [5.41, 5.74) is 0. The summed E-state index contributed by atoms with van der Waals surface area (Å²) in [5.74, 6) is -0.283. The molecule has 104 valence electrons. The Morgan fingerprint density at radius 1 is 1.53 bits per heavy atom. The molecular formula is C12H14ClNO3S2. The maximum Gasteiger partial charge on any atom is 0.323 e. The molecule has 0 aliphatic carbocycles. The number of hydrogen-bond donors (Lipinski definition) is 1. The highest BCUT2D eigenvalue weighted by Crippen LogP contribution is 2.25. The number of carboxylic acids is 1. The number of rotatable bonds is 8. The summed E-state index contributed by atoms with van der Waals surface area (Å²) in [7, 11) is 0. The van der Waals surface area contributed by atoms with Crippen LogP contribution in [-0.4, -0.2) is 40.7 Å². The lowest BCUT2D eigenvalue weighted by molar-refractivity contribution is -0.143. The van der Waals surface area contributed by atoms with Crippen molar-refractivity contribution < 1.29 is 14.7 Å². The highest BCUT2D eigenvalue weighted by atomic mass is 35.5. The number of hydrogen-bond acceptors (Lipinski definition) is 4. The van der Waals surface area contributed by atoms with E-state index in [2.05, 4.69) is 6.58 Å². The molecular weight excluding hydrogens is 306 g/mol. The van der Waals surface area contributed by atoms with Crippen molar-refractivity contribution in [1.29, 1.82) is 0 Å². The fourth-order valence-electron chi connectivity index (χ4n) is 1.33. The van der Waals surface area contributed by atoms with Crippen LogP contribution in [0.15, 0.2) is 24.8 Å². The molecule has 0 saturated heterocycles. The summed E-state index contributed by atoms with van der Waals surface area (Å²) in [6, 6.07) is 3.74. The smallest absolute Gasteiger partial charge is 0.323 e. The Morgan fingerprint density at radius 3 is 2.79 bits per heavy atom. The van der Waals surface area contributed by atoms with Crippen LogP contribution in [0.4, 0.5) is 0 Å². The molecule has 1 heterocycles. The van der Waals surface area contributed by atoms with E-state index in [1.807, 2.05) is 12.1 Å². The predicted octanol–water partition coefficient (Wildman–Crippen LogP) is 2.73. The van der Waals surface area contributed by atoms with Crippen molar-refractivity contribution in [2.75, 3.05) is 18.8 Å². The molecule has 0 saturated carbocycles. The minimum Gasteiger partial charge on any atom is -0.480 e. The third-order valence-electron chi connectivity index (χ3n) is 2.13. The van der Waals surface area contributed by atoms with Gasteiger partial charge in [0.15, 0.2) is 0 Å². The lowest BCUT2D eigenvalue weighted by atomic mass is 10.4. The summed E-state index contributed by atoms with van der Waals surface area (Å²) < 4.78 is 0.723. The Labute approximate surface area is 125 Å². The SMILES string of the molecule is C=CCN(CC(=O)O)C(=O)CSCc1ccc(Cl)s1. The minimum atomic E-state index is -1.02. The Hall–Kier alpha value is -0.980.